The lowest BCUT2D eigenvalue weighted by Gasteiger charge is -2.24. The number of hydrogen-bond acceptors (Lipinski definition) is 4. The molecule has 1 aliphatic rings. The van der Waals surface area contributed by atoms with Gasteiger partial charge in [-0.15, -0.1) is 0 Å². The second-order valence-corrected chi connectivity index (χ2v) is 6.46. The molecule has 0 bridgehead atoms. The van der Waals surface area contributed by atoms with Gasteiger partial charge >= 0.3 is 0 Å². The highest BCUT2D eigenvalue weighted by atomic mass is 16.2. The lowest BCUT2D eigenvalue weighted by molar-refractivity contribution is 0.0726. The van der Waals surface area contributed by atoms with Crippen LogP contribution >= 0.6 is 0 Å². The third-order valence-electron chi connectivity index (χ3n) is 4.69. The molecule has 1 aromatic carbocycles. The van der Waals surface area contributed by atoms with Crippen molar-refractivity contribution in [3.05, 3.63) is 89.8 Å². The van der Waals surface area contributed by atoms with E-state index in [0.717, 1.165) is 37.2 Å². The predicted octanol–water partition coefficient (Wildman–Crippen LogP) is 3.44. The summed E-state index contributed by atoms with van der Waals surface area (Å²) in [5.41, 5.74) is 3.59. The zero-order valence-electron chi connectivity index (χ0n) is 14.5. The van der Waals surface area contributed by atoms with E-state index in [1.165, 1.54) is 11.8 Å². The first kappa shape index (κ1) is 16.4. The Bertz CT molecular complexity index is 883. The lowest BCUT2D eigenvalue weighted by atomic mass is 10.1. The van der Waals surface area contributed by atoms with E-state index in [9.17, 15) is 4.79 Å². The van der Waals surface area contributed by atoms with Gasteiger partial charge in [-0.2, -0.15) is 0 Å². The van der Waals surface area contributed by atoms with Crippen LogP contribution in [0.4, 0.5) is 0 Å². The maximum atomic E-state index is 12.8. The van der Waals surface area contributed by atoms with Crippen LogP contribution in [0.1, 0.15) is 46.3 Å². The monoisotopic (exact) mass is 344 g/mol. The summed E-state index contributed by atoms with van der Waals surface area (Å²) in [6.45, 7) is 0.727. The zero-order chi connectivity index (χ0) is 17.8. The van der Waals surface area contributed by atoms with Crippen molar-refractivity contribution < 1.29 is 4.79 Å². The Balaban J connectivity index is 1.56. The molecule has 5 heteroatoms. The molecule has 130 valence electrons. The summed E-state index contributed by atoms with van der Waals surface area (Å²) in [6.07, 6.45) is 7.34. The van der Waals surface area contributed by atoms with Crippen molar-refractivity contribution in [1.82, 2.24) is 19.9 Å². The van der Waals surface area contributed by atoms with E-state index in [1.54, 1.807) is 12.4 Å². The van der Waals surface area contributed by atoms with Crippen molar-refractivity contribution in [2.24, 2.45) is 0 Å². The highest BCUT2D eigenvalue weighted by Gasteiger charge is 2.32. The summed E-state index contributed by atoms with van der Waals surface area (Å²) in [6, 6.07) is 16.4. The Hall–Kier alpha value is -3.08. The molecule has 3 aromatic rings. The highest BCUT2D eigenvalue weighted by molar-refractivity contribution is 5.92. The van der Waals surface area contributed by atoms with E-state index in [1.807, 2.05) is 41.3 Å². The Kier molecular flexibility index (Phi) is 4.69. The smallest absolute Gasteiger partial charge is 0.274 e. The van der Waals surface area contributed by atoms with Gasteiger partial charge < -0.3 is 4.90 Å². The molecular formula is C21H20N4O. The van der Waals surface area contributed by atoms with Crippen molar-refractivity contribution in [3.8, 4) is 0 Å². The summed E-state index contributed by atoms with van der Waals surface area (Å²) in [5, 5.41) is 0. The topological polar surface area (TPSA) is 59.0 Å². The SMILES string of the molecule is O=C(c1cnccn1)N1CCCC1c1cccc(Cc2ccccc2)n1. The number of pyridine rings is 1. The lowest BCUT2D eigenvalue weighted by Crippen LogP contribution is -2.31. The van der Waals surface area contributed by atoms with Crippen LogP contribution in [0, 0.1) is 0 Å². The molecule has 1 amide bonds. The van der Waals surface area contributed by atoms with Crippen LogP contribution in [-0.2, 0) is 6.42 Å². The zero-order valence-corrected chi connectivity index (χ0v) is 14.5. The minimum atomic E-state index is -0.0733. The molecule has 1 atom stereocenters. The normalized spacial score (nSPS) is 16.6. The first-order chi connectivity index (χ1) is 12.8. The molecule has 0 spiro atoms. The summed E-state index contributed by atoms with van der Waals surface area (Å²) >= 11 is 0. The Morgan fingerprint density at radius 2 is 1.96 bits per heavy atom. The van der Waals surface area contributed by atoms with E-state index in [2.05, 4.69) is 22.1 Å². The third kappa shape index (κ3) is 3.47. The molecule has 5 nitrogen and oxygen atoms in total. The fourth-order valence-electron chi connectivity index (χ4n) is 3.46. The number of carbonyl (C=O) groups excluding carboxylic acids is 1. The molecule has 0 N–H and O–H groups in total. The maximum absolute atomic E-state index is 12.8. The van der Waals surface area contributed by atoms with Gasteiger partial charge in [0.25, 0.3) is 5.91 Å². The number of benzene rings is 1. The summed E-state index contributed by atoms with van der Waals surface area (Å²) < 4.78 is 0. The summed E-state index contributed by atoms with van der Waals surface area (Å²) in [5.74, 6) is -0.0733. The van der Waals surface area contributed by atoms with Gasteiger partial charge in [0, 0.05) is 31.1 Å². The van der Waals surface area contributed by atoms with E-state index >= 15 is 0 Å². The van der Waals surface area contributed by atoms with E-state index in [4.69, 9.17) is 4.98 Å². The summed E-state index contributed by atoms with van der Waals surface area (Å²) in [4.78, 5) is 27.7. The Morgan fingerprint density at radius 1 is 1.08 bits per heavy atom. The van der Waals surface area contributed by atoms with Crippen LogP contribution in [0.15, 0.2) is 67.1 Å². The van der Waals surface area contributed by atoms with Crippen molar-refractivity contribution >= 4 is 5.91 Å². The molecule has 4 rings (SSSR count). The standard InChI is InChI=1S/C21H20N4O/c26-21(19-15-22-11-12-23-19)25-13-5-10-20(25)18-9-4-8-17(24-18)14-16-6-2-1-3-7-16/h1-4,6-9,11-12,15,20H,5,10,13-14H2. The van der Waals surface area contributed by atoms with Gasteiger partial charge in [0.05, 0.1) is 17.9 Å². The first-order valence-corrected chi connectivity index (χ1v) is 8.88. The highest BCUT2D eigenvalue weighted by Crippen LogP contribution is 2.32. The predicted molar refractivity (Wildman–Crippen MR) is 98.5 cm³/mol. The number of nitrogens with zero attached hydrogens (tertiary/aromatic N) is 4. The second kappa shape index (κ2) is 7.44. The number of carbonyl (C=O) groups is 1. The number of amides is 1. The second-order valence-electron chi connectivity index (χ2n) is 6.46. The van der Waals surface area contributed by atoms with Gasteiger partial charge in [-0.05, 0) is 30.5 Å². The van der Waals surface area contributed by atoms with Crippen LogP contribution in [-0.4, -0.2) is 32.3 Å². The molecule has 1 fully saturated rings. The molecule has 26 heavy (non-hydrogen) atoms. The molecular weight excluding hydrogens is 324 g/mol. The van der Waals surface area contributed by atoms with Crippen molar-refractivity contribution in [2.75, 3.05) is 6.54 Å². The van der Waals surface area contributed by atoms with Gasteiger partial charge in [-0.1, -0.05) is 36.4 Å². The molecule has 0 saturated carbocycles. The van der Waals surface area contributed by atoms with Gasteiger partial charge in [0.1, 0.15) is 5.69 Å². The van der Waals surface area contributed by atoms with Crippen molar-refractivity contribution in [3.63, 3.8) is 0 Å². The minimum absolute atomic E-state index is 0.000212. The largest absolute Gasteiger partial charge is 0.329 e. The number of hydrogen-bond donors (Lipinski definition) is 0. The van der Waals surface area contributed by atoms with Gasteiger partial charge in [0.2, 0.25) is 0 Å². The quantitative estimate of drug-likeness (QED) is 0.727. The average molecular weight is 344 g/mol. The van der Waals surface area contributed by atoms with E-state index < -0.39 is 0 Å². The molecule has 1 unspecified atom stereocenters. The van der Waals surface area contributed by atoms with E-state index in [-0.39, 0.29) is 11.9 Å². The fraction of sp³-hybridized carbons (Fsp3) is 0.238. The molecule has 0 aliphatic carbocycles. The van der Waals surface area contributed by atoms with Crippen LogP contribution < -0.4 is 0 Å². The van der Waals surface area contributed by atoms with Crippen LogP contribution in [0.2, 0.25) is 0 Å². The minimum Gasteiger partial charge on any atom is -0.329 e. The molecule has 2 aromatic heterocycles. The summed E-state index contributed by atoms with van der Waals surface area (Å²) in [7, 11) is 0. The van der Waals surface area contributed by atoms with Crippen molar-refractivity contribution in [1.29, 1.82) is 0 Å². The van der Waals surface area contributed by atoms with Gasteiger partial charge in [0.15, 0.2) is 0 Å². The van der Waals surface area contributed by atoms with Gasteiger partial charge in [-0.25, -0.2) is 4.98 Å². The van der Waals surface area contributed by atoms with Crippen LogP contribution in [0.3, 0.4) is 0 Å². The molecule has 1 saturated heterocycles. The molecule has 0 radical (unpaired) electrons. The van der Waals surface area contributed by atoms with Gasteiger partial charge in [-0.3, -0.25) is 14.8 Å². The number of aromatic nitrogens is 3. The average Bonchev–Trinajstić information content (AvgIpc) is 3.19. The van der Waals surface area contributed by atoms with Crippen LogP contribution in [0.5, 0.6) is 0 Å². The Morgan fingerprint density at radius 3 is 2.77 bits per heavy atom. The number of rotatable bonds is 4. The first-order valence-electron chi connectivity index (χ1n) is 8.88. The maximum Gasteiger partial charge on any atom is 0.274 e. The van der Waals surface area contributed by atoms with Crippen molar-refractivity contribution in [2.45, 2.75) is 25.3 Å². The number of likely N-dealkylation sites (tertiary alicyclic amines) is 1. The van der Waals surface area contributed by atoms with E-state index in [0.29, 0.717) is 5.69 Å². The molecule has 1 aliphatic heterocycles. The molecule has 3 heterocycles. The van der Waals surface area contributed by atoms with Crippen LogP contribution in [0.25, 0.3) is 0 Å². The fourth-order valence-corrected chi connectivity index (χ4v) is 3.46. The third-order valence-corrected chi connectivity index (χ3v) is 4.69. The Labute approximate surface area is 152 Å².